The highest BCUT2D eigenvalue weighted by atomic mass is 15.2. The van der Waals surface area contributed by atoms with E-state index in [4.69, 9.17) is 0 Å². The molecule has 0 amide bonds. The van der Waals surface area contributed by atoms with Gasteiger partial charge in [0, 0.05) is 50.6 Å². The maximum Gasteiger partial charge on any atom is 0.0547 e. The van der Waals surface area contributed by atoms with Crippen LogP contribution in [0.15, 0.2) is 285 Å². The number of benzene rings is 13. The van der Waals surface area contributed by atoms with Crippen molar-refractivity contribution in [3.8, 4) is 27.9 Å². The van der Waals surface area contributed by atoms with Crippen LogP contribution in [0.5, 0.6) is 0 Å². The van der Waals surface area contributed by atoms with Gasteiger partial charge in [-0.1, -0.05) is 194 Å². The van der Waals surface area contributed by atoms with Crippen LogP contribution in [0, 0.1) is 0 Å². The molecule has 0 atom stereocenters. The Balaban J connectivity index is 1.03. The molecule has 3 heteroatoms. The van der Waals surface area contributed by atoms with Crippen molar-refractivity contribution in [3.05, 3.63) is 285 Å². The van der Waals surface area contributed by atoms with E-state index in [0.29, 0.717) is 0 Å². The Morgan fingerprint density at radius 1 is 0.205 bits per heavy atom. The first-order valence-corrected chi connectivity index (χ1v) is 25.1. The van der Waals surface area contributed by atoms with E-state index in [1.807, 2.05) is 0 Å². The molecule has 0 spiro atoms. The number of fused-ring (bicyclic) bond motifs is 7. The van der Waals surface area contributed by atoms with Crippen LogP contribution < -0.4 is 9.80 Å². The summed E-state index contributed by atoms with van der Waals surface area (Å²) in [7, 11) is 0. The molecule has 0 aliphatic heterocycles. The molecule has 0 saturated carbocycles. The van der Waals surface area contributed by atoms with Crippen molar-refractivity contribution >= 4 is 99.0 Å². The van der Waals surface area contributed by atoms with Crippen molar-refractivity contribution in [1.82, 2.24) is 4.57 Å². The highest BCUT2D eigenvalue weighted by Crippen LogP contribution is 2.46. The summed E-state index contributed by atoms with van der Waals surface area (Å²) in [6.07, 6.45) is 0. The SMILES string of the molecule is c1ccc(-c2ccc(-n3c4ccccc4c4ccc(-c5cc(N(c6ccc7ccccc7c6)c6ccc7ccccc7c6)cc(N(c6ccc7ccccc7c6)c6ccc7ccccc7c6)c5)cc43)cc2)cc1. The minimum Gasteiger partial charge on any atom is -0.310 e. The van der Waals surface area contributed by atoms with Gasteiger partial charge < -0.3 is 14.4 Å². The minimum atomic E-state index is 1.04. The van der Waals surface area contributed by atoms with Crippen LogP contribution in [-0.4, -0.2) is 4.57 Å². The Labute approximate surface area is 424 Å². The molecule has 0 fully saturated rings. The van der Waals surface area contributed by atoms with Crippen molar-refractivity contribution in [1.29, 1.82) is 0 Å². The van der Waals surface area contributed by atoms with Gasteiger partial charge in [-0.15, -0.1) is 0 Å². The van der Waals surface area contributed by atoms with Crippen molar-refractivity contribution in [2.45, 2.75) is 0 Å². The summed E-state index contributed by atoms with van der Waals surface area (Å²) in [5, 5.41) is 12.0. The number of hydrogen-bond acceptors (Lipinski definition) is 2. The van der Waals surface area contributed by atoms with Crippen LogP contribution in [0.2, 0.25) is 0 Å². The van der Waals surface area contributed by atoms with Crippen molar-refractivity contribution in [2.75, 3.05) is 9.80 Å². The lowest BCUT2D eigenvalue weighted by molar-refractivity contribution is 1.18. The van der Waals surface area contributed by atoms with E-state index < -0.39 is 0 Å². The second kappa shape index (κ2) is 17.6. The lowest BCUT2D eigenvalue weighted by atomic mass is 9.99. The van der Waals surface area contributed by atoms with Crippen LogP contribution in [0.4, 0.5) is 34.1 Å². The molecule has 14 aromatic rings. The molecule has 0 bridgehead atoms. The van der Waals surface area contributed by atoms with E-state index in [-0.39, 0.29) is 0 Å². The van der Waals surface area contributed by atoms with Crippen LogP contribution >= 0.6 is 0 Å². The maximum absolute atomic E-state index is 2.44. The largest absolute Gasteiger partial charge is 0.310 e. The Morgan fingerprint density at radius 3 is 1.07 bits per heavy atom. The van der Waals surface area contributed by atoms with Crippen LogP contribution in [0.25, 0.3) is 92.8 Å². The fraction of sp³-hybridized carbons (Fsp3) is 0. The predicted octanol–water partition coefficient (Wildman–Crippen LogP) is 19.7. The summed E-state index contributed by atoms with van der Waals surface area (Å²) in [4.78, 5) is 4.88. The normalized spacial score (nSPS) is 11.6. The Hall–Kier alpha value is -9.70. The third-order valence-corrected chi connectivity index (χ3v) is 14.6. The van der Waals surface area contributed by atoms with E-state index in [2.05, 4.69) is 299 Å². The van der Waals surface area contributed by atoms with Gasteiger partial charge in [0.2, 0.25) is 0 Å². The van der Waals surface area contributed by atoms with Gasteiger partial charge in [-0.3, -0.25) is 0 Å². The fourth-order valence-electron chi connectivity index (χ4n) is 11.0. The zero-order valence-electron chi connectivity index (χ0n) is 40.0. The molecule has 73 heavy (non-hydrogen) atoms. The molecule has 1 aromatic heterocycles. The topological polar surface area (TPSA) is 11.4 Å². The van der Waals surface area contributed by atoms with E-state index in [9.17, 15) is 0 Å². The van der Waals surface area contributed by atoms with Crippen LogP contribution in [-0.2, 0) is 0 Å². The number of nitrogens with zero attached hydrogens (tertiary/aromatic N) is 3. The predicted molar refractivity (Wildman–Crippen MR) is 311 cm³/mol. The number of rotatable bonds is 9. The molecule has 1 heterocycles. The first-order chi connectivity index (χ1) is 36.1. The van der Waals surface area contributed by atoms with Crippen molar-refractivity contribution in [3.63, 3.8) is 0 Å². The summed E-state index contributed by atoms with van der Waals surface area (Å²) >= 11 is 0. The minimum absolute atomic E-state index is 1.04. The summed E-state index contributed by atoms with van der Waals surface area (Å²) in [5.41, 5.74) is 14.5. The third kappa shape index (κ3) is 7.63. The lowest BCUT2D eigenvalue weighted by Crippen LogP contribution is -2.14. The van der Waals surface area contributed by atoms with Gasteiger partial charge >= 0.3 is 0 Å². The number of para-hydroxylation sites is 1. The zero-order chi connectivity index (χ0) is 48.2. The maximum atomic E-state index is 2.44. The molecule has 0 radical (unpaired) electrons. The highest BCUT2D eigenvalue weighted by Gasteiger charge is 2.22. The van der Waals surface area contributed by atoms with Gasteiger partial charge in [0.1, 0.15) is 0 Å². The summed E-state index contributed by atoms with van der Waals surface area (Å²) in [5.74, 6) is 0. The van der Waals surface area contributed by atoms with Crippen molar-refractivity contribution < 1.29 is 0 Å². The average Bonchev–Trinajstić information content (AvgIpc) is 3.79. The fourth-order valence-corrected chi connectivity index (χ4v) is 11.0. The van der Waals surface area contributed by atoms with Gasteiger partial charge in [0.25, 0.3) is 0 Å². The highest BCUT2D eigenvalue weighted by molar-refractivity contribution is 6.10. The molecule has 0 saturated heterocycles. The average molecular weight is 930 g/mol. The Bertz CT molecular complexity index is 4060. The van der Waals surface area contributed by atoms with Gasteiger partial charge in [-0.05, 0) is 156 Å². The number of hydrogen-bond donors (Lipinski definition) is 0. The van der Waals surface area contributed by atoms with Crippen LogP contribution in [0.1, 0.15) is 0 Å². The van der Waals surface area contributed by atoms with Gasteiger partial charge in [0.15, 0.2) is 0 Å². The Morgan fingerprint density at radius 2 is 0.589 bits per heavy atom. The molecule has 0 unspecified atom stereocenters. The van der Waals surface area contributed by atoms with Gasteiger partial charge in [0.05, 0.1) is 11.0 Å². The van der Waals surface area contributed by atoms with E-state index in [1.54, 1.807) is 0 Å². The quantitative estimate of drug-likeness (QED) is 0.143. The number of aromatic nitrogens is 1. The van der Waals surface area contributed by atoms with Gasteiger partial charge in [-0.2, -0.15) is 0 Å². The molecular formula is C70H47N3. The molecule has 342 valence electrons. The zero-order valence-corrected chi connectivity index (χ0v) is 40.0. The van der Waals surface area contributed by atoms with Crippen molar-refractivity contribution in [2.24, 2.45) is 0 Å². The molecular weight excluding hydrogens is 883 g/mol. The second-order valence-electron chi connectivity index (χ2n) is 19.0. The monoisotopic (exact) mass is 929 g/mol. The standard InChI is InChI=1S/C70H47N3/c1-2-14-48(15-3-1)53-26-33-60(34-27-53)73-69-25-13-12-24-67(69)68-39-32-58(46-70(68)73)59-44-65(71(61-35-28-49-16-4-8-20-54(49)40-61)62-36-29-50-17-5-9-21-55(50)41-62)47-66(45-59)72(63-37-30-51-18-6-10-22-56(51)42-63)64-38-31-52-19-7-11-23-57(52)43-64/h1-47H. The van der Waals surface area contributed by atoms with Gasteiger partial charge in [-0.25, -0.2) is 0 Å². The molecule has 0 aliphatic carbocycles. The van der Waals surface area contributed by atoms with E-state index in [1.165, 1.54) is 70.5 Å². The first-order valence-electron chi connectivity index (χ1n) is 25.1. The van der Waals surface area contributed by atoms with Crippen LogP contribution in [0.3, 0.4) is 0 Å². The van der Waals surface area contributed by atoms with E-state index in [0.717, 1.165) is 56.5 Å². The number of anilines is 6. The molecule has 3 nitrogen and oxygen atoms in total. The summed E-state index contributed by atoms with van der Waals surface area (Å²) in [6.45, 7) is 0. The Kier molecular flexibility index (Phi) is 10.2. The molecule has 14 rings (SSSR count). The lowest BCUT2D eigenvalue weighted by Gasteiger charge is -2.31. The third-order valence-electron chi connectivity index (χ3n) is 14.6. The summed E-state index contributed by atoms with van der Waals surface area (Å²) < 4.78 is 2.43. The molecule has 0 N–H and O–H groups in total. The molecule has 13 aromatic carbocycles. The first kappa shape index (κ1) is 42.2. The summed E-state index contributed by atoms with van der Waals surface area (Å²) in [6, 6.07) is 105. The smallest absolute Gasteiger partial charge is 0.0547 e. The van der Waals surface area contributed by atoms with E-state index >= 15 is 0 Å². The second-order valence-corrected chi connectivity index (χ2v) is 19.0. The molecule has 0 aliphatic rings.